The minimum atomic E-state index is 0.123. The van der Waals surface area contributed by atoms with Gasteiger partial charge >= 0.3 is 0 Å². The number of nitrogens with zero attached hydrogens (tertiary/aromatic N) is 2. The van der Waals surface area contributed by atoms with Crippen molar-refractivity contribution >= 4 is 0 Å². The standard InChI is InChI=1S/C9H17N2O/c1-5-10-6-7-11(8(10)2)9(3)12-4/h6-7,9H,5H2,1-4H3/q+1. The van der Waals surface area contributed by atoms with Gasteiger partial charge in [0.1, 0.15) is 12.4 Å². The van der Waals surface area contributed by atoms with Crippen LogP contribution in [0.25, 0.3) is 0 Å². The maximum atomic E-state index is 5.22. The summed E-state index contributed by atoms with van der Waals surface area (Å²) in [7, 11) is 1.72. The van der Waals surface area contributed by atoms with E-state index in [2.05, 4.69) is 29.2 Å². The molecule has 1 unspecified atom stereocenters. The van der Waals surface area contributed by atoms with Crippen molar-refractivity contribution in [1.29, 1.82) is 0 Å². The van der Waals surface area contributed by atoms with Crippen LogP contribution in [0.3, 0.4) is 0 Å². The van der Waals surface area contributed by atoms with E-state index >= 15 is 0 Å². The van der Waals surface area contributed by atoms with Crippen LogP contribution in [0.15, 0.2) is 12.4 Å². The van der Waals surface area contributed by atoms with Crippen molar-refractivity contribution in [2.24, 2.45) is 0 Å². The van der Waals surface area contributed by atoms with E-state index in [1.165, 1.54) is 5.82 Å². The van der Waals surface area contributed by atoms with Crippen molar-refractivity contribution in [3.05, 3.63) is 18.2 Å². The Morgan fingerprint density at radius 3 is 2.75 bits per heavy atom. The summed E-state index contributed by atoms with van der Waals surface area (Å²) in [6.07, 6.45) is 4.25. The predicted molar refractivity (Wildman–Crippen MR) is 46.8 cm³/mol. The first-order valence-corrected chi connectivity index (χ1v) is 4.30. The first-order chi connectivity index (χ1) is 5.70. The molecule has 1 heterocycles. The quantitative estimate of drug-likeness (QED) is 0.623. The molecule has 12 heavy (non-hydrogen) atoms. The van der Waals surface area contributed by atoms with Crippen LogP contribution in [0.1, 0.15) is 25.9 Å². The fraction of sp³-hybridized carbons (Fsp3) is 0.667. The van der Waals surface area contributed by atoms with E-state index in [4.69, 9.17) is 4.74 Å². The summed E-state index contributed by atoms with van der Waals surface area (Å²) in [6, 6.07) is 0. The molecule has 0 aliphatic carbocycles. The molecule has 3 heteroatoms. The fourth-order valence-electron chi connectivity index (χ4n) is 1.35. The van der Waals surface area contributed by atoms with Gasteiger partial charge in [0.15, 0.2) is 6.23 Å². The zero-order valence-corrected chi connectivity index (χ0v) is 8.24. The molecule has 1 atom stereocenters. The third-order valence-electron chi connectivity index (χ3n) is 2.27. The van der Waals surface area contributed by atoms with Crippen LogP contribution in [-0.4, -0.2) is 11.7 Å². The maximum Gasteiger partial charge on any atom is 0.255 e. The van der Waals surface area contributed by atoms with Crippen LogP contribution in [-0.2, 0) is 11.3 Å². The highest BCUT2D eigenvalue weighted by Crippen LogP contribution is 2.06. The van der Waals surface area contributed by atoms with Crippen molar-refractivity contribution in [2.75, 3.05) is 7.11 Å². The Balaban J connectivity index is 2.93. The van der Waals surface area contributed by atoms with Gasteiger partial charge in [0, 0.05) is 21.0 Å². The Labute approximate surface area is 73.6 Å². The van der Waals surface area contributed by atoms with E-state index in [1.807, 2.05) is 13.1 Å². The topological polar surface area (TPSA) is 18.0 Å². The zero-order valence-electron chi connectivity index (χ0n) is 8.24. The van der Waals surface area contributed by atoms with Crippen LogP contribution in [0.4, 0.5) is 0 Å². The summed E-state index contributed by atoms with van der Waals surface area (Å²) in [5.74, 6) is 1.23. The van der Waals surface area contributed by atoms with Gasteiger partial charge in [-0.1, -0.05) is 0 Å². The van der Waals surface area contributed by atoms with Crippen molar-refractivity contribution in [2.45, 2.75) is 33.5 Å². The second-order valence-electron chi connectivity index (χ2n) is 2.87. The summed E-state index contributed by atoms with van der Waals surface area (Å²) < 4.78 is 9.53. The Morgan fingerprint density at radius 1 is 1.67 bits per heavy atom. The molecule has 0 amide bonds. The Bertz CT molecular complexity index is 255. The molecule has 1 aromatic rings. The molecule has 0 aromatic carbocycles. The molecule has 3 nitrogen and oxygen atoms in total. The molecule has 1 rings (SSSR count). The number of imidazole rings is 1. The van der Waals surface area contributed by atoms with Gasteiger partial charge in [-0.15, -0.1) is 0 Å². The molecule has 0 bridgehead atoms. The number of aryl methyl sites for hydroxylation is 1. The lowest BCUT2D eigenvalue weighted by molar-refractivity contribution is -0.699. The molecular weight excluding hydrogens is 152 g/mol. The van der Waals surface area contributed by atoms with Gasteiger partial charge in [0.25, 0.3) is 5.82 Å². The van der Waals surface area contributed by atoms with E-state index in [-0.39, 0.29) is 6.23 Å². The zero-order chi connectivity index (χ0) is 9.14. The minimum Gasteiger partial charge on any atom is -0.343 e. The molecule has 0 spiro atoms. The molecule has 0 fully saturated rings. The second kappa shape index (κ2) is 3.72. The van der Waals surface area contributed by atoms with Gasteiger partial charge in [-0.3, -0.25) is 0 Å². The van der Waals surface area contributed by atoms with Crippen LogP contribution in [0.5, 0.6) is 0 Å². The van der Waals surface area contributed by atoms with Gasteiger partial charge in [0.05, 0.1) is 6.54 Å². The number of methoxy groups -OCH3 is 1. The summed E-state index contributed by atoms with van der Waals surface area (Å²) in [4.78, 5) is 0. The number of hydrogen-bond donors (Lipinski definition) is 0. The number of ether oxygens (including phenoxy) is 1. The summed E-state index contributed by atoms with van der Waals surface area (Å²) in [5.41, 5.74) is 0. The van der Waals surface area contributed by atoms with Crippen molar-refractivity contribution in [3.8, 4) is 0 Å². The van der Waals surface area contributed by atoms with Gasteiger partial charge in [0.2, 0.25) is 0 Å². The molecule has 0 aliphatic heterocycles. The molecule has 0 saturated heterocycles. The number of aromatic nitrogens is 2. The predicted octanol–water partition coefficient (Wildman–Crippen LogP) is 1.27. The van der Waals surface area contributed by atoms with Crippen LogP contribution in [0.2, 0.25) is 0 Å². The Morgan fingerprint density at radius 2 is 2.33 bits per heavy atom. The number of hydrogen-bond acceptors (Lipinski definition) is 1. The highest BCUT2D eigenvalue weighted by atomic mass is 16.5. The monoisotopic (exact) mass is 169 g/mol. The highest BCUT2D eigenvalue weighted by Gasteiger charge is 2.15. The Kier molecular flexibility index (Phi) is 2.87. The summed E-state index contributed by atoms with van der Waals surface area (Å²) in [6.45, 7) is 7.27. The minimum absolute atomic E-state index is 0.123. The van der Waals surface area contributed by atoms with Gasteiger partial charge in [-0.2, -0.15) is 0 Å². The summed E-state index contributed by atoms with van der Waals surface area (Å²) in [5, 5.41) is 0. The SMILES string of the molecule is CC[n+]1ccn(C(C)OC)c1C. The smallest absolute Gasteiger partial charge is 0.255 e. The normalized spacial score (nSPS) is 13.3. The largest absolute Gasteiger partial charge is 0.343 e. The lowest BCUT2D eigenvalue weighted by Gasteiger charge is -2.06. The Hall–Kier alpha value is -0.830. The molecule has 0 radical (unpaired) electrons. The van der Waals surface area contributed by atoms with Crippen molar-refractivity contribution in [1.82, 2.24) is 4.57 Å². The first kappa shape index (κ1) is 9.26. The van der Waals surface area contributed by atoms with Crippen molar-refractivity contribution in [3.63, 3.8) is 0 Å². The third kappa shape index (κ3) is 1.50. The fourth-order valence-corrected chi connectivity index (χ4v) is 1.35. The van der Waals surface area contributed by atoms with E-state index in [0.717, 1.165) is 6.54 Å². The summed E-state index contributed by atoms with van der Waals surface area (Å²) >= 11 is 0. The molecule has 0 saturated carbocycles. The first-order valence-electron chi connectivity index (χ1n) is 4.30. The second-order valence-corrected chi connectivity index (χ2v) is 2.87. The molecule has 68 valence electrons. The van der Waals surface area contributed by atoms with E-state index < -0.39 is 0 Å². The molecular formula is C9H17N2O+. The van der Waals surface area contributed by atoms with Crippen LogP contribution in [0, 0.1) is 6.92 Å². The average molecular weight is 169 g/mol. The highest BCUT2D eigenvalue weighted by molar-refractivity contribution is 4.80. The van der Waals surface area contributed by atoms with E-state index in [9.17, 15) is 0 Å². The molecule has 0 N–H and O–H groups in total. The van der Waals surface area contributed by atoms with Gasteiger partial charge in [-0.05, 0) is 6.92 Å². The van der Waals surface area contributed by atoms with Crippen LogP contribution < -0.4 is 4.57 Å². The lowest BCUT2D eigenvalue weighted by Crippen LogP contribution is -2.34. The molecule has 0 aliphatic rings. The maximum absolute atomic E-state index is 5.22. The van der Waals surface area contributed by atoms with Crippen molar-refractivity contribution < 1.29 is 9.30 Å². The molecule has 1 aromatic heterocycles. The average Bonchev–Trinajstić information content (AvgIpc) is 2.45. The van der Waals surface area contributed by atoms with E-state index in [1.54, 1.807) is 7.11 Å². The lowest BCUT2D eigenvalue weighted by atomic mass is 10.5. The van der Waals surface area contributed by atoms with Gasteiger partial charge < -0.3 is 4.74 Å². The van der Waals surface area contributed by atoms with Crippen LogP contribution >= 0.6 is 0 Å². The third-order valence-corrected chi connectivity index (χ3v) is 2.27. The van der Waals surface area contributed by atoms with E-state index in [0.29, 0.717) is 0 Å². The number of rotatable bonds is 3. The van der Waals surface area contributed by atoms with Gasteiger partial charge in [-0.25, -0.2) is 9.13 Å².